The third kappa shape index (κ3) is 3.47. The Labute approximate surface area is 199 Å². The van der Waals surface area contributed by atoms with Gasteiger partial charge in [0.25, 0.3) is 17.4 Å². The molecule has 0 fully saturated rings. The van der Waals surface area contributed by atoms with Gasteiger partial charge in [0.15, 0.2) is 0 Å². The van der Waals surface area contributed by atoms with Crippen molar-refractivity contribution in [3.05, 3.63) is 110 Å². The Morgan fingerprint density at radius 2 is 1.57 bits per heavy atom. The zero-order chi connectivity index (χ0) is 24.7. The van der Waals surface area contributed by atoms with Gasteiger partial charge < -0.3 is 5.11 Å². The van der Waals surface area contributed by atoms with Crippen molar-refractivity contribution < 1.29 is 14.7 Å². The fourth-order valence-electron chi connectivity index (χ4n) is 4.28. The molecule has 0 unspecified atom stereocenters. The van der Waals surface area contributed by atoms with E-state index in [1.165, 1.54) is 6.92 Å². The first-order valence-corrected chi connectivity index (χ1v) is 10.8. The van der Waals surface area contributed by atoms with Crippen LogP contribution in [0.1, 0.15) is 43.0 Å². The second-order valence-electron chi connectivity index (χ2n) is 8.10. The predicted octanol–water partition coefficient (Wildman–Crippen LogP) is 3.57. The second kappa shape index (κ2) is 8.39. The van der Waals surface area contributed by atoms with Crippen molar-refractivity contribution >= 4 is 28.8 Å². The molecule has 0 saturated heterocycles. The topological polar surface area (TPSA) is 116 Å². The van der Waals surface area contributed by atoms with Crippen molar-refractivity contribution in [2.45, 2.75) is 13.5 Å². The van der Waals surface area contributed by atoms with E-state index in [4.69, 9.17) is 0 Å². The van der Waals surface area contributed by atoms with E-state index in [9.17, 15) is 24.8 Å². The maximum absolute atomic E-state index is 13.1. The molecule has 2 heterocycles. The molecular formula is C27H18N4O4. The molecule has 170 valence electrons. The number of pyridine rings is 1. The van der Waals surface area contributed by atoms with E-state index in [0.717, 1.165) is 26.7 Å². The molecule has 0 atom stereocenters. The van der Waals surface area contributed by atoms with Gasteiger partial charge in [-0.1, -0.05) is 54.6 Å². The summed E-state index contributed by atoms with van der Waals surface area (Å²) in [6.45, 7) is 1.53. The summed E-state index contributed by atoms with van der Waals surface area (Å²) in [5.41, 5.74) is 0.870. The van der Waals surface area contributed by atoms with E-state index in [0.29, 0.717) is 16.5 Å². The molecule has 0 spiro atoms. The number of rotatable bonds is 4. The van der Waals surface area contributed by atoms with Crippen molar-refractivity contribution in [1.29, 1.82) is 5.26 Å². The number of carbonyl (C=O) groups excluding carboxylic acids is 2. The molecule has 35 heavy (non-hydrogen) atoms. The molecule has 0 bridgehead atoms. The van der Waals surface area contributed by atoms with Crippen molar-refractivity contribution in [2.24, 2.45) is 5.10 Å². The highest BCUT2D eigenvalue weighted by atomic mass is 16.3. The van der Waals surface area contributed by atoms with Gasteiger partial charge in [-0.15, -0.1) is 0 Å². The molecule has 0 radical (unpaired) electrons. The van der Waals surface area contributed by atoms with Crippen LogP contribution >= 0.6 is 0 Å². The lowest BCUT2D eigenvalue weighted by atomic mass is 9.95. The van der Waals surface area contributed by atoms with Crippen LogP contribution in [-0.2, 0) is 6.54 Å². The van der Waals surface area contributed by atoms with Gasteiger partial charge in [0.2, 0.25) is 5.88 Å². The summed E-state index contributed by atoms with van der Waals surface area (Å²) in [4.78, 5) is 39.1. The molecule has 1 N–H and O–H groups in total. The first kappa shape index (κ1) is 21.8. The number of aromatic hydroxyl groups is 1. The van der Waals surface area contributed by atoms with E-state index < -0.39 is 23.3 Å². The number of hydrogen-bond donors (Lipinski definition) is 1. The van der Waals surface area contributed by atoms with E-state index in [2.05, 4.69) is 5.10 Å². The van der Waals surface area contributed by atoms with Crippen LogP contribution in [0.4, 0.5) is 0 Å². The number of amides is 2. The molecular weight excluding hydrogens is 444 g/mol. The summed E-state index contributed by atoms with van der Waals surface area (Å²) >= 11 is 0. The van der Waals surface area contributed by atoms with Gasteiger partial charge in [-0.3, -0.25) is 19.0 Å². The zero-order valence-corrected chi connectivity index (χ0v) is 18.6. The minimum atomic E-state index is -0.644. The molecule has 1 aliphatic heterocycles. The average Bonchev–Trinajstić information content (AvgIpc) is 2.87. The molecule has 2 amide bonds. The number of nitriles is 1. The SMILES string of the molecule is Cc1c(C=NN2C(=O)c3cccc4cccc(c34)C2=O)c(O)n(Cc2ccccc2)c(=O)c1C#N. The quantitative estimate of drug-likeness (QED) is 0.368. The van der Waals surface area contributed by atoms with Crippen LogP contribution in [0.15, 0.2) is 76.6 Å². The Kier molecular flexibility index (Phi) is 5.23. The smallest absolute Gasteiger partial charge is 0.282 e. The standard InChI is InChI=1S/C27H18N4O4/c1-16-21(13-28)24(32)30(15-17-7-3-2-4-8-17)25(33)22(16)14-29-31-26(34)19-11-5-9-18-10-6-12-20(23(18)19)27(31)35/h2-12,14,33H,15H2,1H3. The number of carbonyl (C=O) groups is 2. The maximum Gasteiger partial charge on any atom is 0.282 e. The minimum absolute atomic E-state index is 0.0260. The minimum Gasteiger partial charge on any atom is -0.494 e. The van der Waals surface area contributed by atoms with Crippen LogP contribution in [0.25, 0.3) is 10.8 Å². The summed E-state index contributed by atoms with van der Waals surface area (Å²) in [7, 11) is 0. The normalized spacial score (nSPS) is 13.0. The van der Waals surface area contributed by atoms with Crippen molar-refractivity contribution in [1.82, 2.24) is 9.58 Å². The fraction of sp³-hybridized carbons (Fsp3) is 0.0741. The first-order valence-electron chi connectivity index (χ1n) is 10.8. The van der Waals surface area contributed by atoms with Crippen LogP contribution in [0, 0.1) is 18.3 Å². The number of imide groups is 1. The van der Waals surface area contributed by atoms with Crippen LogP contribution in [0.2, 0.25) is 0 Å². The van der Waals surface area contributed by atoms with Crippen molar-refractivity contribution in [3.63, 3.8) is 0 Å². The van der Waals surface area contributed by atoms with E-state index in [-0.39, 0.29) is 23.2 Å². The van der Waals surface area contributed by atoms with Crippen molar-refractivity contribution in [2.75, 3.05) is 0 Å². The molecule has 4 aromatic rings. The van der Waals surface area contributed by atoms with Gasteiger partial charge in [-0.05, 0) is 35.6 Å². The highest BCUT2D eigenvalue weighted by Crippen LogP contribution is 2.30. The molecule has 8 nitrogen and oxygen atoms in total. The lowest BCUT2D eigenvalue weighted by molar-refractivity contribution is 0.0616. The molecule has 0 saturated carbocycles. The number of benzene rings is 3. The van der Waals surface area contributed by atoms with E-state index in [1.807, 2.05) is 24.3 Å². The van der Waals surface area contributed by atoms with Crippen LogP contribution < -0.4 is 5.56 Å². The summed E-state index contributed by atoms with van der Waals surface area (Å²) in [6, 6.07) is 21.2. The maximum atomic E-state index is 13.1. The average molecular weight is 462 g/mol. The molecule has 1 aliphatic rings. The summed E-state index contributed by atoms with van der Waals surface area (Å²) in [6.07, 6.45) is 1.14. The fourth-order valence-corrected chi connectivity index (χ4v) is 4.28. The Bertz CT molecular complexity index is 1610. The molecule has 0 aliphatic carbocycles. The second-order valence-corrected chi connectivity index (χ2v) is 8.10. The van der Waals surface area contributed by atoms with Crippen molar-refractivity contribution in [3.8, 4) is 11.9 Å². The summed E-state index contributed by atoms with van der Waals surface area (Å²) < 4.78 is 1.07. The Hall–Kier alpha value is -5.03. The molecule has 1 aromatic heterocycles. The molecule has 3 aromatic carbocycles. The number of hydrazone groups is 1. The number of nitrogens with zero attached hydrogens (tertiary/aromatic N) is 4. The number of hydrogen-bond acceptors (Lipinski definition) is 6. The van der Waals surface area contributed by atoms with Gasteiger partial charge in [0.05, 0.1) is 29.4 Å². The molecule has 8 heteroatoms. The monoisotopic (exact) mass is 462 g/mol. The van der Waals surface area contributed by atoms with Crippen LogP contribution in [-0.4, -0.2) is 32.7 Å². The number of aromatic nitrogens is 1. The van der Waals surface area contributed by atoms with Gasteiger partial charge in [-0.25, -0.2) is 0 Å². The van der Waals surface area contributed by atoms with Gasteiger partial charge in [0, 0.05) is 5.39 Å². The highest BCUT2D eigenvalue weighted by molar-refractivity contribution is 6.25. The highest BCUT2D eigenvalue weighted by Gasteiger charge is 2.32. The summed E-state index contributed by atoms with van der Waals surface area (Å²) in [5, 5.41) is 26.7. The van der Waals surface area contributed by atoms with Gasteiger partial charge >= 0.3 is 0 Å². The van der Waals surface area contributed by atoms with Crippen LogP contribution in [0.5, 0.6) is 5.88 Å². The predicted molar refractivity (Wildman–Crippen MR) is 129 cm³/mol. The van der Waals surface area contributed by atoms with E-state index >= 15 is 0 Å². The van der Waals surface area contributed by atoms with Gasteiger partial charge in [-0.2, -0.15) is 15.4 Å². The van der Waals surface area contributed by atoms with Crippen LogP contribution in [0.3, 0.4) is 0 Å². The van der Waals surface area contributed by atoms with Gasteiger partial charge in [0.1, 0.15) is 11.6 Å². The molecule has 5 rings (SSSR count). The lowest BCUT2D eigenvalue weighted by Crippen LogP contribution is -2.36. The van der Waals surface area contributed by atoms with E-state index in [1.54, 1.807) is 48.5 Å². The Morgan fingerprint density at radius 1 is 0.943 bits per heavy atom. The first-order chi connectivity index (χ1) is 16.9. The lowest BCUT2D eigenvalue weighted by Gasteiger charge is -2.23. The third-order valence-corrected chi connectivity index (χ3v) is 6.08. The Balaban J connectivity index is 1.60. The Morgan fingerprint density at radius 3 is 2.17 bits per heavy atom. The largest absolute Gasteiger partial charge is 0.494 e. The third-order valence-electron chi connectivity index (χ3n) is 6.08. The summed E-state index contributed by atoms with van der Waals surface area (Å²) in [5.74, 6) is -1.63. The zero-order valence-electron chi connectivity index (χ0n) is 18.6.